The van der Waals surface area contributed by atoms with Crippen molar-refractivity contribution in [3.05, 3.63) is 113 Å². The van der Waals surface area contributed by atoms with Gasteiger partial charge in [-0.2, -0.15) is 0 Å². The van der Waals surface area contributed by atoms with Crippen molar-refractivity contribution in [1.29, 1.82) is 0 Å². The molecule has 1 aliphatic rings. The molecule has 1 fully saturated rings. The predicted octanol–water partition coefficient (Wildman–Crippen LogP) is 6.48. The van der Waals surface area contributed by atoms with Crippen molar-refractivity contribution in [3.8, 4) is 11.3 Å². The van der Waals surface area contributed by atoms with Crippen LogP contribution >= 0.6 is 23.8 Å². The Morgan fingerprint density at radius 1 is 1.03 bits per heavy atom. The number of nitrogens with zero attached hydrogens (tertiary/aromatic N) is 2. The second-order valence-corrected chi connectivity index (χ2v) is 8.70. The zero-order valence-electron chi connectivity index (χ0n) is 17.5. The van der Waals surface area contributed by atoms with Crippen molar-refractivity contribution in [2.75, 3.05) is 0 Å². The summed E-state index contributed by atoms with van der Waals surface area (Å²) in [4.78, 5) is 6.77. The van der Waals surface area contributed by atoms with E-state index in [1.54, 1.807) is 6.20 Å². The number of furan rings is 1. The maximum Gasteiger partial charge on any atom is 0.170 e. The Morgan fingerprint density at radius 2 is 1.84 bits per heavy atom. The first-order valence-electron chi connectivity index (χ1n) is 10.5. The van der Waals surface area contributed by atoms with Gasteiger partial charge in [0.2, 0.25) is 0 Å². The summed E-state index contributed by atoms with van der Waals surface area (Å²) in [5, 5.41) is 4.88. The van der Waals surface area contributed by atoms with Gasteiger partial charge in [-0.3, -0.25) is 4.98 Å². The number of hydrogen-bond donors (Lipinski definition) is 1. The number of benzene rings is 2. The summed E-state index contributed by atoms with van der Waals surface area (Å²) in [6.07, 6.45) is 1.80. The Balaban J connectivity index is 1.54. The molecule has 0 bridgehead atoms. The minimum absolute atomic E-state index is 0.118. The fraction of sp³-hybridized carbons (Fsp3) is 0.154. The van der Waals surface area contributed by atoms with Crippen molar-refractivity contribution in [2.45, 2.75) is 25.6 Å². The van der Waals surface area contributed by atoms with E-state index in [0.717, 1.165) is 33.4 Å². The van der Waals surface area contributed by atoms with E-state index in [0.29, 0.717) is 11.7 Å². The van der Waals surface area contributed by atoms with Crippen LogP contribution in [0.3, 0.4) is 0 Å². The van der Waals surface area contributed by atoms with Crippen LogP contribution in [0.1, 0.15) is 34.7 Å². The van der Waals surface area contributed by atoms with Gasteiger partial charge in [0, 0.05) is 23.3 Å². The lowest BCUT2D eigenvalue weighted by Gasteiger charge is -2.26. The zero-order chi connectivity index (χ0) is 22.1. The number of hydrogen-bond acceptors (Lipinski definition) is 3. The van der Waals surface area contributed by atoms with Crippen molar-refractivity contribution in [1.82, 2.24) is 15.2 Å². The van der Waals surface area contributed by atoms with Gasteiger partial charge in [0.05, 0.1) is 11.7 Å². The first-order chi connectivity index (χ1) is 15.6. The Morgan fingerprint density at radius 3 is 2.59 bits per heavy atom. The molecule has 3 heterocycles. The van der Waals surface area contributed by atoms with Gasteiger partial charge in [-0.15, -0.1) is 0 Å². The number of thiocarbonyl (C=S) groups is 1. The van der Waals surface area contributed by atoms with Crippen LogP contribution in [0.15, 0.2) is 89.5 Å². The molecule has 0 saturated carbocycles. The second kappa shape index (κ2) is 8.77. The summed E-state index contributed by atoms with van der Waals surface area (Å²) in [6.45, 7) is 2.66. The van der Waals surface area contributed by atoms with Crippen LogP contribution in [0.25, 0.3) is 11.3 Å². The smallest absolute Gasteiger partial charge is 0.170 e. The fourth-order valence-corrected chi connectivity index (χ4v) is 4.56. The molecule has 160 valence electrons. The van der Waals surface area contributed by atoms with Crippen molar-refractivity contribution in [2.24, 2.45) is 0 Å². The Hall–Kier alpha value is -3.15. The van der Waals surface area contributed by atoms with E-state index >= 15 is 0 Å². The van der Waals surface area contributed by atoms with E-state index in [1.165, 1.54) is 5.56 Å². The summed E-state index contributed by atoms with van der Waals surface area (Å²) in [5.41, 5.74) is 4.09. The third kappa shape index (κ3) is 4.01. The molecule has 0 aliphatic carbocycles. The highest BCUT2D eigenvalue weighted by Crippen LogP contribution is 2.41. The highest BCUT2D eigenvalue weighted by molar-refractivity contribution is 7.80. The van der Waals surface area contributed by atoms with E-state index in [4.69, 9.17) is 28.2 Å². The molecule has 0 unspecified atom stereocenters. The van der Waals surface area contributed by atoms with Crippen LogP contribution < -0.4 is 5.32 Å². The molecule has 4 nitrogen and oxygen atoms in total. The third-order valence-electron chi connectivity index (χ3n) is 5.77. The van der Waals surface area contributed by atoms with Gasteiger partial charge in [0.1, 0.15) is 17.6 Å². The lowest BCUT2D eigenvalue weighted by Crippen LogP contribution is -2.29. The first kappa shape index (κ1) is 20.7. The maximum atomic E-state index is 6.39. The van der Waals surface area contributed by atoms with E-state index in [1.807, 2.05) is 73.7 Å². The SMILES string of the molecule is Cc1ccc(-c2ccc([C@@H]3[C@H](c4ccccn4)NC(=S)N3Cc3ccccc3)o2)cc1Cl. The number of aryl methyl sites for hydroxylation is 1. The molecule has 2 atom stereocenters. The van der Waals surface area contributed by atoms with E-state index in [-0.39, 0.29) is 12.1 Å². The summed E-state index contributed by atoms with van der Waals surface area (Å²) in [5.74, 6) is 1.61. The lowest BCUT2D eigenvalue weighted by molar-refractivity contribution is 0.269. The van der Waals surface area contributed by atoms with Crippen molar-refractivity contribution < 1.29 is 4.42 Å². The summed E-state index contributed by atoms with van der Waals surface area (Å²) >= 11 is 12.1. The molecular weight excluding hydrogens is 438 g/mol. The van der Waals surface area contributed by atoms with Gasteiger partial charge in [-0.05, 0) is 60.6 Å². The van der Waals surface area contributed by atoms with Gasteiger partial charge in [0.25, 0.3) is 0 Å². The van der Waals surface area contributed by atoms with Gasteiger partial charge >= 0.3 is 0 Å². The highest BCUT2D eigenvalue weighted by atomic mass is 35.5. The van der Waals surface area contributed by atoms with Crippen LogP contribution in [0.4, 0.5) is 0 Å². The van der Waals surface area contributed by atoms with Crippen LogP contribution in [0, 0.1) is 6.92 Å². The molecule has 0 spiro atoms. The monoisotopic (exact) mass is 459 g/mol. The van der Waals surface area contributed by atoms with Gasteiger partial charge < -0.3 is 14.6 Å². The summed E-state index contributed by atoms with van der Waals surface area (Å²) in [7, 11) is 0. The fourth-order valence-electron chi connectivity index (χ4n) is 4.08. The van der Waals surface area contributed by atoms with E-state index < -0.39 is 0 Å². The lowest BCUT2D eigenvalue weighted by atomic mass is 10.0. The average Bonchev–Trinajstić information content (AvgIpc) is 3.42. The minimum Gasteiger partial charge on any atom is -0.459 e. The Kier molecular flexibility index (Phi) is 5.68. The summed E-state index contributed by atoms with van der Waals surface area (Å²) < 4.78 is 6.39. The number of aromatic nitrogens is 1. The van der Waals surface area contributed by atoms with Crippen LogP contribution in [0.2, 0.25) is 5.02 Å². The predicted molar refractivity (Wildman–Crippen MR) is 131 cm³/mol. The largest absolute Gasteiger partial charge is 0.459 e. The number of nitrogens with one attached hydrogen (secondary N) is 1. The van der Waals surface area contributed by atoms with E-state index in [2.05, 4.69) is 27.3 Å². The standard InChI is InChI=1S/C26H22ClN3OS/c1-17-10-11-19(15-20(17)27)22-12-13-23(31-22)25-24(21-9-5-6-14-28-21)29-26(32)30(25)16-18-7-3-2-4-8-18/h2-15,24-25H,16H2,1H3,(H,29,32)/t24-,25+/m0/s1. The van der Waals surface area contributed by atoms with Crippen molar-refractivity contribution >= 4 is 28.9 Å². The van der Waals surface area contributed by atoms with Gasteiger partial charge in [-0.25, -0.2) is 0 Å². The number of pyridine rings is 1. The third-order valence-corrected chi connectivity index (χ3v) is 6.53. The van der Waals surface area contributed by atoms with Crippen molar-refractivity contribution in [3.63, 3.8) is 0 Å². The Labute approximate surface area is 197 Å². The quantitative estimate of drug-likeness (QED) is 0.346. The topological polar surface area (TPSA) is 41.3 Å². The first-order valence-corrected chi connectivity index (χ1v) is 11.3. The van der Waals surface area contributed by atoms with Gasteiger partial charge in [0.15, 0.2) is 5.11 Å². The molecule has 32 heavy (non-hydrogen) atoms. The highest BCUT2D eigenvalue weighted by Gasteiger charge is 2.41. The molecular formula is C26H22ClN3OS. The summed E-state index contributed by atoms with van der Waals surface area (Å²) in [6, 6.07) is 26.0. The molecule has 1 aliphatic heterocycles. The average molecular weight is 460 g/mol. The molecule has 0 amide bonds. The van der Waals surface area contributed by atoms with Crippen LogP contribution in [0.5, 0.6) is 0 Å². The molecule has 6 heteroatoms. The zero-order valence-corrected chi connectivity index (χ0v) is 19.1. The van der Waals surface area contributed by atoms with Crippen LogP contribution in [-0.2, 0) is 6.54 Å². The second-order valence-electron chi connectivity index (χ2n) is 7.91. The van der Waals surface area contributed by atoms with Gasteiger partial charge in [-0.1, -0.05) is 60.1 Å². The molecule has 4 aromatic rings. The molecule has 5 rings (SSSR count). The normalized spacial score (nSPS) is 18.1. The van der Waals surface area contributed by atoms with Crippen LogP contribution in [-0.4, -0.2) is 15.0 Å². The molecule has 2 aromatic carbocycles. The Bertz CT molecular complexity index is 1240. The minimum atomic E-state index is -0.132. The number of rotatable bonds is 5. The number of halogens is 1. The molecule has 1 saturated heterocycles. The molecule has 1 N–H and O–H groups in total. The molecule has 0 radical (unpaired) electrons. The molecule has 2 aromatic heterocycles. The van der Waals surface area contributed by atoms with E-state index in [9.17, 15) is 0 Å². The maximum absolute atomic E-state index is 6.39.